The Bertz CT molecular complexity index is 496. The van der Waals surface area contributed by atoms with E-state index in [1.807, 2.05) is 0 Å². The molecule has 0 radical (unpaired) electrons. The number of nitrogens with two attached hydrogens (primary N) is 2. The molecule has 0 unspecified atom stereocenters. The van der Waals surface area contributed by atoms with Gasteiger partial charge < -0.3 is 21.5 Å². The van der Waals surface area contributed by atoms with Crippen molar-refractivity contribution < 1.29 is 9.53 Å². The first kappa shape index (κ1) is 15.6. The molecule has 0 saturated heterocycles. The van der Waals surface area contributed by atoms with Crippen molar-refractivity contribution >= 4 is 17.3 Å². The molecule has 1 amide bonds. The number of methoxy groups -OCH3 is 1. The van der Waals surface area contributed by atoms with Gasteiger partial charge in [0.2, 0.25) is 5.91 Å². The lowest BCUT2D eigenvalue weighted by atomic mass is 9.71. The summed E-state index contributed by atoms with van der Waals surface area (Å²) in [7, 11) is 1.57. The lowest BCUT2D eigenvalue weighted by Gasteiger charge is -2.35. The summed E-state index contributed by atoms with van der Waals surface area (Å²) >= 11 is 0. The van der Waals surface area contributed by atoms with Crippen LogP contribution in [0.25, 0.3) is 0 Å². The topological polar surface area (TPSA) is 90.4 Å². The molecular weight excluding hydrogens is 266 g/mol. The van der Waals surface area contributed by atoms with Crippen LogP contribution < -0.4 is 21.5 Å². The molecule has 0 aliphatic heterocycles. The van der Waals surface area contributed by atoms with E-state index in [9.17, 15) is 4.79 Å². The standard InChI is InChI=1S/C16H25N3O2/c1-21-14-6-5-12(9-13(14)18)19-15(20)10-16(11-17)7-3-2-4-8-16/h5-6,9H,2-4,7-8,10-11,17-18H2,1H3,(H,19,20). The van der Waals surface area contributed by atoms with Crippen LogP contribution in [0.15, 0.2) is 18.2 Å². The van der Waals surface area contributed by atoms with Crippen molar-refractivity contribution in [1.82, 2.24) is 0 Å². The van der Waals surface area contributed by atoms with E-state index in [2.05, 4.69) is 5.32 Å². The first-order valence-corrected chi connectivity index (χ1v) is 7.52. The quantitative estimate of drug-likeness (QED) is 0.727. The SMILES string of the molecule is COc1ccc(NC(=O)CC2(CN)CCCCC2)cc1N. The second-order valence-corrected chi connectivity index (χ2v) is 5.95. The number of ether oxygens (including phenoxy) is 1. The van der Waals surface area contributed by atoms with Crippen LogP contribution in [-0.4, -0.2) is 19.6 Å². The minimum absolute atomic E-state index is 0.00640. The second-order valence-electron chi connectivity index (χ2n) is 5.95. The fourth-order valence-electron chi connectivity index (χ4n) is 3.11. The number of nitrogen functional groups attached to an aromatic ring is 1. The molecule has 1 aliphatic carbocycles. The molecule has 0 heterocycles. The van der Waals surface area contributed by atoms with Crippen LogP contribution in [0.1, 0.15) is 38.5 Å². The van der Waals surface area contributed by atoms with Crippen LogP contribution in [0.5, 0.6) is 5.75 Å². The minimum atomic E-state index is -0.0274. The maximum Gasteiger partial charge on any atom is 0.224 e. The average Bonchev–Trinajstić information content (AvgIpc) is 2.48. The van der Waals surface area contributed by atoms with Gasteiger partial charge in [-0.25, -0.2) is 0 Å². The highest BCUT2D eigenvalue weighted by Gasteiger charge is 2.32. The summed E-state index contributed by atoms with van der Waals surface area (Å²) in [6, 6.07) is 5.26. The number of nitrogens with one attached hydrogen (secondary N) is 1. The smallest absolute Gasteiger partial charge is 0.224 e. The Labute approximate surface area is 126 Å². The first-order valence-electron chi connectivity index (χ1n) is 7.52. The molecule has 0 spiro atoms. The highest BCUT2D eigenvalue weighted by molar-refractivity contribution is 5.92. The number of anilines is 2. The van der Waals surface area contributed by atoms with Gasteiger partial charge >= 0.3 is 0 Å². The van der Waals surface area contributed by atoms with Gasteiger partial charge in [0.25, 0.3) is 0 Å². The molecule has 0 aromatic heterocycles. The Hall–Kier alpha value is -1.75. The molecule has 5 heteroatoms. The molecule has 0 bridgehead atoms. The molecule has 5 N–H and O–H groups in total. The summed E-state index contributed by atoms with van der Waals surface area (Å²) in [6.07, 6.45) is 6.15. The Morgan fingerprint density at radius 3 is 2.62 bits per heavy atom. The Morgan fingerprint density at radius 2 is 2.05 bits per heavy atom. The van der Waals surface area contributed by atoms with Crippen molar-refractivity contribution in [2.75, 3.05) is 24.7 Å². The fraction of sp³-hybridized carbons (Fsp3) is 0.562. The van der Waals surface area contributed by atoms with Crippen molar-refractivity contribution in [3.05, 3.63) is 18.2 Å². The van der Waals surface area contributed by atoms with E-state index in [0.29, 0.717) is 30.1 Å². The van der Waals surface area contributed by atoms with Gasteiger partial charge in [-0.3, -0.25) is 4.79 Å². The number of hydrogen-bond donors (Lipinski definition) is 3. The van der Waals surface area contributed by atoms with E-state index in [-0.39, 0.29) is 11.3 Å². The number of rotatable bonds is 5. The third kappa shape index (κ3) is 3.88. The molecular formula is C16H25N3O2. The number of carbonyl (C=O) groups is 1. The number of amides is 1. The normalized spacial score (nSPS) is 17.2. The summed E-state index contributed by atoms with van der Waals surface area (Å²) in [5.74, 6) is 0.616. The van der Waals surface area contributed by atoms with E-state index in [4.69, 9.17) is 16.2 Å². The molecule has 1 aromatic rings. The molecule has 1 aliphatic rings. The van der Waals surface area contributed by atoms with Gasteiger partial charge in [-0.15, -0.1) is 0 Å². The van der Waals surface area contributed by atoms with E-state index in [1.54, 1.807) is 25.3 Å². The van der Waals surface area contributed by atoms with E-state index >= 15 is 0 Å². The van der Waals surface area contributed by atoms with E-state index in [1.165, 1.54) is 19.3 Å². The van der Waals surface area contributed by atoms with Crippen molar-refractivity contribution in [3.63, 3.8) is 0 Å². The largest absolute Gasteiger partial charge is 0.495 e. The zero-order valence-electron chi connectivity index (χ0n) is 12.7. The summed E-state index contributed by atoms with van der Waals surface area (Å²) < 4.78 is 5.11. The Morgan fingerprint density at radius 1 is 1.33 bits per heavy atom. The first-order chi connectivity index (χ1) is 10.1. The van der Waals surface area contributed by atoms with Crippen LogP contribution in [0.2, 0.25) is 0 Å². The molecule has 1 aromatic carbocycles. The van der Waals surface area contributed by atoms with Crippen molar-refractivity contribution in [3.8, 4) is 5.75 Å². The minimum Gasteiger partial charge on any atom is -0.495 e. The van der Waals surface area contributed by atoms with E-state index < -0.39 is 0 Å². The third-order valence-electron chi connectivity index (χ3n) is 4.40. The van der Waals surface area contributed by atoms with Crippen molar-refractivity contribution in [2.45, 2.75) is 38.5 Å². The summed E-state index contributed by atoms with van der Waals surface area (Å²) in [5, 5.41) is 2.91. The van der Waals surface area contributed by atoms with Crippen LogP contribution in [0.3, 0.4) is 0 Å². The highest BCUT2D eigenvalue weighted by atomic mass is 16.5. The third-order valence-corrected chi connectivity index (χ3v) is 4.40. The zero-order valence-corrected chi connectivity index (χ0v) is 12.7. The molecule has 1 saturated carbocycles. The monoisotopic (exact) mass is 291 g/mol. The molecule has 116 valence electrons. The maximum atomic E-state index is 12.3. The van der Waals surface area contributed by atoms with Crippen LogP contribution >= 0.6 is 0 Å². The second kappa shape index (κ2) is 6.80. The van der Waals surface area contributed by atoms with Gasteiger partial charge in [0.05, 0.1) is 12.8 Å². The number of benzene rings is 1. The highest BCUT2D eigenvalue weighted by Crippen LogP contribution is 2.38. The van der Waals surface area contributed by atoms with Crippen molar-refractivity contribution in [2.24, 2.45) is 11.1 Å². The molecule has 1 fully saturated rings. The van der Waals surface area contributed by atoms with Crippen LogP contribution in [0.4, 0.5) is 11.4 Å². The molecule has 0 atom stereocenters. The van der Waals surface area contributed by atoms with Crippen LogP contribution in [0, 0.1) is 5.41 Å². The molecule has 5 nitrogen and oxygen atoms in total. The van der Waals surface area contributed by atoms with Gasteiger partial charge in [-0.05, 0) is 43.0 Å². The van der Waals surface area contributed by atoms with E-state index in [0.717, 1.165) is 12.8 Å². The fourth-order valence-corrected chi connectivity index (χ4v) is 3.11. The molecule has 21 heavy (non-hydrogen) atoms. The summed E-state index contributed by atoms with van der Waals surface area (Å²) in [4.78, 5) is 12.3. The summed E-state index contributed by atoms with van der Waals surface area (Å²) in [5.41, 5.74) is 13.0. The number of carbonyl (C=O) groups excluding carboxylic acids is 1. The van der Waals surface area contributed by atoms with Crippen molar-refractivity contribution in [1.29, 1.82) is 0 Å². The van der Waals surface area contributed by atoms with Gasteiger partial charge in [-0.1, -0.05) is 19.3 Å². The lowest BCUT2D eigenvalue weighted by Crippen LogP contribution is -2.36. The zero-order chi connectivity index (χ0) is 15.3. The van der Waals surface area contributed by atoms with Gasteiger partial charge in [-0.2, -0.15) is 0 Å². The maximum absolute atomic E-state index is 12.3. The van der Waals surface area contributed by atoms with Gasteiger partial charge in [0, 0.05) is 12.1 Å². The predicted molar refractivity (Wildman–Crippen MR) is 85.2 cm³/mol. The molecule has 2 rings (SSSR count). The Kier molecular flexibility index (Phi) is 5.07. The van der Waals surface area contributed by atoms with Gasteiger partial charge in [0.15, 0.2) is 0 Å². The summed E-state index contributed by atoms with van der Waals surface area (Å²) in [6.45, 7) is 0.575. The predicted octanol–water partition coefficient (Wildman–Crippen LogP) is 2.52. The number of hydrogen-bond acceptors (Lipinski definition) is 4. The van der Waals surface area contributed by atoms with Gasteiger partial charge in [0.1, 0.15) is 5.75 Å². The van der Waals surface area contributed by atoms with Crippen LogP contribution in [-0.2, 0) is 4.79 Å². The lowest BCUT2D eigenvalue weighted by molar-refractivity contribution is -0.118. The Balaban J connectivity index is 1.99. The average molecular weight is 291 g/mol.